The Hall–Kier alpha value is -3.66. The lowest BCUT2D eigenvalue weighted by Crippen LogP contribution is -2.71. The van der Waals surface area contributed by atoms with Crippen LogP contribution >= 0.6 is 23.3 Å². The van der Waals surface area contributed by atoms with Gasteiger partial charge in [0.25, 0.3) is 11.8 Å². The number of aliphatic carboxylic acids is 1. The first-order valence-corrected chi connectivity index (χ1v) is 11.7. The summed E-state index contributed by atoms with van der Waals surface area (Å²) in [5.41, 5.74) is 5.66. The summed E-state index contributed by atoms with van der Waals surface area (Å²) < 4.78 is 7.58. The molecule has 0 saturated carbocycles. The Kier molecular flexibility index (Phi) is 6.43. The summed E-state index contributed by atoms with van der Waals surface area (Å²) in [5, 5.41) is 20.8. The Balaban J connectivity index is 1.54. The third-order valence-corrected chi connectivity index (χ3v) is 7.21. The highest BCUT2D eigenvalue weighted by Gasteiger charge is 2.53. The molecule has 4 heterocycles. The van der Waals surface area contributed by atoms with Gasteiger partial charge in [0.1, 0.15) is 18.5 Å². The first kappa shape index (κ1) is 23.5. The standard InChI is InChI=1S/C18H21N9O5S2/c1-20-9-4-5-26(25(9)2)6-8-7-33-16-11(15(29)27(16)12(8)17(30)31)21-14(28)10(23-32-3)13-22-18(19)34-24-13/h4-5,11,16H,6-7H2,1-3H3,(H4,19,21,22,24,28,30,31)/t11-,16-/m1/s1. The van der Waals surface area contributed by atoms with Crippen LogP contribution in [0.15, 0.2) is 28.7 Å². The first-order valence-electron chi connectivity index (χ1n) is 9.89. The molecule has 2 aromatic heterocycles. The molecule has 0 radical (unpaired) electrons. The van der Waals surface area contributed by atoms with Crippen LogP contribution in [-0.4, -0.2) is 73.8 Å². The topological polar surface area (TPSA) is 184 Å². The molecule has 2 aliphatic rings. The van der Waals surface area contributed by atoms with E-state index < -0.39 is 29.2 Å². The average Bonchev–Trinajstić information content (AvgIpc) is 3.40. The molecule has 0 aromatic carbocycles. The van der Waals surface area contributed by atoms with Crippen molar-refractivity contribution >= 4 is 57.7 Å². The number of hydrogen-bond donors (Lipinski definition) is 3. The van der Waals surface area contributed by atoms with Crippen molar-refractivity contribution < 1.29 is 29.0 Å². The van der Waals surface area contributed by atoms with Crippen molar-refractivity contribution in [1.29, 1.82) is 0 Å². The van der Waals surface area contributed by atoms with Gasteiger partial charge in [0.05, 0.1) is 24.8 Å². The SMILES string of the molecule is CNc1cc[n+](CC2=C(C(=O)[O-])N3C(=O)[C@@H](NC(=O)C(=NOC)c4nsc(N)n4)[C@H]3SC2)n1C. The van der Waals surface area contributed by atoms with E-state index in [9.17, 15) is 19.5 Å². The molecule has 34 heavy (non-hydrogen) atoms. The molecule has 0 unspecified atom stereocenters. The van der Waals surface area contributed by atoms with Gasteiger partial charge in [-0.3, -0.25) is 14.5 Å². The number of amides is 2. The van der Waals surface area contributed by atoms with Gasteiger partial charge in [0.15, 0.2) is 23.7 Å². The number of oxime groups is 1. The summed E-state index contributed by atoms with van der Waals surface area (Å²) in [4.78, 5) is 47.5. The van der Waals surface area contributed by atoms with Crippen molar-refractivity contribution in [1.82, 2.24) is 24.3 Å². The molecule has 0 bridgehead atoms. The van der Waals surface area contributed by atoms with E-state index in [0.717, 1.165) is 22.3 Å². The zero-order valence-electron chi connectivity index (χ0n) is 18.3. The Bertz CT molecular complexity index is 1220. The predicted molar refractivity (Wildman–Crippen MR) is 120 cm³/mol. The number of anilines is 2. The number of hydrogen-bond acceptors (Lipinski definition) is 12. The molecule has 16 heteroatoms. The van der Waals surface area contributed by atoms with Crippen LogP contribution in [0.1, 0.15) is 5.82 Å². The normalized spacial score (nSPS) is 20.0. The number of nitrogens with one attached hydrogen (secondary N) is 2. The smallest absolute Gasteiger partial charge is 0.278 e. The Labute approximate surface area is 201 Å². The molecule has 0 spiro atoms. The van der Waals surface area contributed by atoms with Gasteiger partial charge in [-0.05, 0) is 0 Å². The minimum absolute atomic E-state index is 0.0417. The highest BCUT2D eigenvalue weighted by Crippen LogP contribution is 2.40. The quantitative estimate of drug-likeness (QED) is 0.146. The largest absolute Gasteiger partial charge is 0.543 e. The van der Waals surface area contributed by atoms with Gasteiger partial charge >= 0.3 is 0 Å². The van der Waals surface area contributed by atoms with Gasteiger partial charge in [0.2, 0.25) is 11.5 Å². The lowest BCUT2D eigenvalue weighted by Gasteiger charge is -2.50. The molecule has 4 N–H and O–H groups in total. The molecular formula is C18H21N9O5S2. The van der Waals surface area contributed by atoms with Crippen molar-refractivity contribution in [3.63, 3.8) is 0 Å². The summed E-state index contributed by atoms with van der Waals surface area (Å²) in [7, 11) is 4.86. The van der Waals surface area contributed by atoms with Gasteiger partial charge < -0.3 is 31.1 Å². The monoisotopic (exact) mass is 507 g/mol. The molecule has 14 nitrogen and oxygen atoms in total. The van der Waals surface area contributed by atoms with Crippen molar-refractivity contribution in [2.45, 2.75) is 18.0 Å². The number of nitrogen functional groups attached to an aromatic ring is 1. The van der Waals surface area contributed by atoms with E-state index in [-0.39, 0.29) is 28.9 Å². The van der Waals surface area contributed by atoms with Gasteiger partial charge in [-0.1, -0.05) is 5.16 Å². The van der Waals surface area contributed by atoms with Crippen LogP contribution in [0.3, 0.4) is 0 Å². The average molecular weight is 508 g/mol. The summed E-state index contributed by atoms with van der Waals surface area (Å²) in [6, 6.07) is 0.882. The maximum Gasteiger partial charge on any atom is 0.278 e. The van der Waals surface area contributed by atoms with E-state index in [1.54, 1.807) is 13.2 Å². The Morgan fingerprint density at radius 3 is 2.82 bits per heavy atom. The molecule has 2 aliphatic heterocycles. The van der Waals surface area contributed by atoms with E-state index in [1.807, 2.05) is 22.5 Å². The third kappa shape index (κ3) is 4.05. The number of carboxylic acids is 1. The number of β-lactam (4-membered cyclic amide) rings is 1. The van der Waals surface area contributed by atoms with E-state index >= 15 is 0 Å². The fourth-order valence-electron chi connectivity index (χ4n) is 3.71. The first-order chi connectivity index (χ1) is 16.3. The number of nitrogens with two attached hydrogens (primary N) is 1. The second kappa shape index (κ2) is 9.30. The molecule has 2 atom stereocenters. The van der Waals surface area contributed by atoms with Crippen molar-refractivity contribution in [3.8, 4) is 0 Å². The lowest BCUT2D eigenvalue weighted by molar-refractivity contribution is -0.765. The van der Waals surface area contributed by atoms with E-state index in [0.29, 0.717) is 11.3 Å². The number of aromatic nitrogens is 4. The summed E-state index contributed by atoms with van der Waals surface area (Å²) in [5.74, 6) is -1.64. The second-order valence-corrected chi connectivity index (χ2v) is 9.14. The van der Waals surface area contributed by atoms with E-state index in [2.05, 4.69) is 25.1 Å². The number of carboxylic acid groups (broad SMARTS) is 1. The zero-order valence-corrected chi connectivity index (χ0v) is 20.0. The summed E-state index contributed by atoms with van der Waals surface area (Å²) in [6.07, 6.45) is 1.80. The van der Waals surface area contributed by atoms with Gasteiger partial charge in [-0.25, -0.2) is 0 Å². The van der Waals surface area contributed by atoms with Crippen LogP contribution in [0.2, 0.25) is 0 Å². The van der Waals surface area contributed by atoms with Crippen LogP contribution in [0, 0.1) is 0 Å². The summed E-state index contributed by atoms with van der Waals surface area (Å²) in [6.45, 7) is 0.254. The highest BCUT2D eigenvalue weighted by atomic mass is 32.2. The molecule has 0 aliphatic carbocycles. The van der Waals surface area contributed by atoms with Crippen LogP contribution < -0.4 is 26.2 Å². The lowest BCUT2D eigenvalue weighted by atomic mass is 10.0. The zero-order chi connectivity index (χ0) is 24.6. The minimum Gasteiger partial charge on any atom is -0.543 e. The van der Waals surface area contributed by atoms with Gasteiger partial charge in [-0.2, -0.15) is 9.36 Å². The minimum atomic E-state index is -1.45. The Morgan fingerprint density at radius 1 is 1.47 bits per heavy atom. The fourth-order valence-corrected chi connectivity index (χ4v) is 5.48. The van der Waals surface area contributed by atoms with E-state index in [1.165, 1.54) is 18.9 Å². The van der Waals surface area contributed by atoms with Crippen LogP contribution in [-0.2, 0) is 32.8 Å². The molecule has 1 fully saturated rings. The number of carbonyl (C=O) groups excluding carboxylic acids is 3. The van der Waals surface area contributed by atoms with Gasteiger partial charge in [-0.15, -0.1) is 21.1 Å². The van der Waals surface area contributed by atoms with E-state index in [4.69, 9.17) is 10.6 Å². The van der Waals surface area contributed by atoms with Crippen LogP contribution in [0.25, 0.3) is 0 Å². The number of thioether (sulfide) groups is 1. The second-order valence-electron chi connectivity index (χ2n) is 7.25. The maximum absolute atomic E-state index is 12.9. The molecule has 1 saturated heterocycles. The molecule has 2 amide bonds. The van der Waals surface area contributed by atoms with Crippen molar-refractivity contribution in [3.05, 3.63) is 29.4 Å². The molecular weight excluding hydrogens is 486 g/mol. The summed E-state index contributed by atoms with van der Waals surface area (Å²) >= 11 is 2.22. The van der Waals surface area contributed by atoms with Crippen molar-refractivity contribution in [2.75, 3.05) is 31.0 Å². The molecule has 4 rings (SSSR count). The third-order valence-electron chi connectivity index (χ3n) is 5.33. The number of fused-ring (bicyclic) bond motifs is 1. The number of rotatable bonds is 8. The van der Waals surface area contributed by atoms with Crippen LogP contribution in [0.4, 0.5) is 10.9 Å². The highest BCUT2D eigenvalue weighted by molar-refractivity contribution is 8.00. The number of carbonyl (C=O) groups is 3. The molecule has 180 valence electrons. The fraction of sp³-hybridized carbons (Fsp3) is 0.389. The molecule has 2 aromatic rings. The van der Waals surface area contributed by atoms with Gasteiger partial charge in [0, 0.05) is 29.9 Å². The number of nitrogens with zero attached hydrogens (tertiary/aromatic N) is 6. The van der Waals surface area contributed by atoms with Crippen molar-refractivity contribution in [2.24, 2.45) is 12.2 Å². The van der Waals surface area contributed by atoms with Crippen LogP contribution in [0.5, 0.6) is 0 Å². The maximum atomic E-state index is 12.9. The predicted octanol–water partition coefficient (Wildman–Crippen LogP) is -2.76. The Morgan fingerprint density at radius 2 is 2.24 bits per heavy atom.